The Morgan fingerprint density at radius 3 is 2.71 bits per heavy atom. The molecular formula is C16H21FN4O3. The summed E-state index contributed by atoms with van der Waals surface area (Å²) in [7, 11) is 0. The van der Waals surface area contributed by atoms with Crippen LogP contribution in [-0.2, 0) is 9.59 Å². The summed E-state index contributed by atoms with van der Waals surface area (Å²) in [5.41, 5.74) is 5.14. The van der Waals surface area contributed by atoms with Crippen LogP contribution in [0.3, 0.4) is 0 Å². The number of carbonyl (C=O) groups is 2. The van der Waals surface area contributed by atoms with E-state index in [2.05, 4.69) is 10.3 Å². The second kappa shape index (κ2) is 6.45. The van der Waals surface area contributed by atoms with Crippen LogP contribution in [0, 0.1) is 5.82 Å². The van der Waals surface area contributed by atoms with Crippen LogP contribution in [0.25, 0.3) is 0 Å². The SMILES string of the molecule is NCC1(O)CCN(c2ncc(C3CCC(=O)NC3=O)cc2F)CC1. The predicted octanol–water partition coefficient (Wildman–Crippen LogP) is 0.0309. The molecule has 0 saturated carbocycles. The third-order valence-electron chi connectivity index (χ3n) is 4.86. The van der Waals surface area contributed by atoms with Gasteiger partial charge in [0.1, 0.15) is 0 Å². The van der Waals surface area contributed by atoms with E-state index in [0.717, 1.165) is 0 Å². The molecule has 3 heterocycles. The van der Waals surface area contributed by atoms with Crippen LogP contribution >= 0.6 is 0 Å². The molecule has 2 amide bonds. The predicted molar refractivity (Wildman–Crippen MR) is 84.8 cm³/mol. The standard InChI is InChI=1S/C16H21FN4O3/c17-12-7-10(11-1-2-13(22)20-15(11)23)8-19-14(12)21-5-3-16(24,9-18)4-6-21/h7-8,11,24H,1-6,9,18H2,(H,20,22,23). The number of aromatic nitrogens is 1. The van der Waals surface area contributed by atoms with E-state index in [9.17, 15) is 19.1 Å². The first-order valence-corrected chi connectivity index (χ1v) is 8.08. The Morgan fingerprint density at radius 2 is 2.12 bits per heavy atom. The number of nitrogens with two attached hydrogens (primary N) is 1. The molecule has 1 aromatic heterocycles. The van der Waals surface area contributed by atoms with Crippen molar-refractivity contribution >= 4 is 17.6 Å². The fraction of sp³-hybridized carbons (Fsp3) is 0.562. The summed E-state index contributed by atoms with van der Waals surface area (Å²) in [5.74, 6) is -1.56. The van der Waals surface area contributed by atoms with Gasteiger partial charge in [-0.2, -0.15) is 0 Å². The van der Waals surface area contributed by atoms with Crippen molar-refractivity contribution in [2.24, 2.45) is 5.73 Å². The van der Waals surface area contributed by atoms with E-state index in [1.54, 1.807) is 4.90 Å². The molecule has 0 aromatic carbocycles. The van der Waals surface area contributed by atoms with Gasteiger partial charge in [0.05, 0.1) is 11.5 Å². The van der Waals surface area contributed by atoms with Crippen molar-refractivity contribution < 1.29 is 19.1 Å². The molecular weight excluding hydrogens is 315 g/mol. The van der Waals surface area contributed by atoms with Gasteiger partial charge >= 0.3 is 0 Å². The lowest BCUT2D eigenvalue weighted by atomic mass is 9.91. The van der Waals surface area contributed by atoms with Gasteiger partial charge < -0.3 is 15.7 Å². The molecule has 1 atom stereocenters. The first-order chi connectivity index (χ1) is 11.4. The smallest absolute Gasteiger partial charge is 0.234 e. The molecule has 8 heteroatoms. The van der Waals surface area contributed by atoms with Gasteiger partial charge in [0.25, 0.3) is 0 Å². The van der Waals surface area contributed by atoms with Crippen LogP contribution < -0.4 is 16.0 Å². The number of nitrogens with one attached hydrogen (secondary N) is 1. The van der Waals surface area contributed by atoms with Crippen LogP contribution in [0.2, 0.25) is 0 Å². The van der Waals surface area contributed by atoms with Gasteiger partial charge in [0, 0.05) is 32.3 Å². The molecule has 0 aliphatic carbocycles. The second-order valence-electron chi connectivity index (χ2n) is 6.49. The topological polar surface area (TPSA) is 109 Å². The molecule has 1 unspecified atom stereocenters. The zero-order valence-electron chi connectivity index (χ0n) is 13.3. The van der Waals surface area contributed by atoms with E-state index in [-0.39, 0.29) is 24.7 Å². The van der Waals surface area contributed by atoms with E-state index in [1.165, 1.54) is 12.3 Å². The molecule has 3 rings (SSSR count). The fourth-order valence-electron chi connectivity index (χ4n) is 3.22. The third-order valence-corrected chi connectivity index (χ3v) is 4.86. The van der Waals surface area contributed by atoms with E-state index in [4.69, 9.17) is 5.73 Å². The van der Waals surface area contributed by atoms with E-state index in [1.807, 2.05) is 0 Å². The van der Waals surface area contributed by atoms with Gasteiger partial charge in [-0.25, -0.2) is 9.37 Å². The number of carbonyl (C=O) groups excluding carboxylic acids is 2. The fourth-order valence-corrected chi connectivity index (χ4v) is 3.22. The normalized spacial score (nSPS) is 24.0. The third kappa shape index (κ3) is 3.25. The van der Waals surface area contributed by atoms with Crippen molar-refractivity contribution in [1.29, 1.82) is 0 Å². The lowest BCUT2D eigenvalue weighted by Crippen LogP contribution is -2.49. The highest BCUT2D eigenvalue weighted by atomic mass is 19.1. The van der Waals surface area contributed by atoms with E-state index in [0.29, 0.717) is 37.9 Å². The highest BCUT2D eigenvalue weighted by Crippen LogP contribution is 2.29. The number of aliphatic hydroxyl groups is 1. The monoisotopic (exact) mass is 336 g/mol. The number of pyridine rings is 1. The van der Waals surface area contributed by atoms with Crippen molar-refractivity contribution in [2.75, 3.05) is 24.5 Å². The van der Waals surface area contributed by atoms with Gasteiger partial charge in [0.2, 0.25) is 11.8 Å². The average molecular weight is 336 g/mol. The van der Waals surface area contributed by atoms with Crippen molar-refractivity contribution in [1.82, 2.24) is 10.3 Å². The van der Waals surface area contributed by atoms with Crippen molar-refractivity contribution in [3.8, 4) is 0 Å². The van der Waals surface area contributed by atoms with Gasteiger partial charge in [0.15, 0.2) is 11.6 Å². The number of rotatable bonds is 3. The number of amides is 2. The lowest BCUT2D eigenvalue weighted by Gasteiger charge is -2.38. The Hall–Kier alpha value is -2.06. The summed E-state index contributed by atoms with van der Waals surface area (Å²) in [6.07, 6.45) is 3.00. The molecule has 0 radical (unpaired) electrons. The van der Waals surface area contributed by atoms with Crippen molar-refractivity contribution in [3.63, 3.8) is 0 Å². The molecule has 4 N–H and O–H groups in total. The number of imide groups is 1. The molecule has 2 aliphatic rings. The molecule has 2 fully saturated rings. The van der Waals surface area contributed by atoms with Crippen LogP contribution in [-0.4, -0.2) is 47.1 Å². The van der Waals surface area contributed by atoms with E-state index >= 15 is 0 Å². The molecule has 2 aliphatic heterocycles. The Balaban J connectivity index is 1.74. The number of nitrogens with zero attached hydrogens (tertiary/aromatic N) is 2. The summed E-state index contributed by atoms with van der Waals surface area (Å²) in [5, 5.41) is 12.4. The van der Waals surface area contributed by atoms with Crippen LogP contribution in [0.1, 0.15) is 37.2 Å². The molecule has 2 saturated heterocycles. The molecule has 7 nitrogen and oxygen atoms in total. The molecule has 130 valence electrons. The number of anilines is 1. The van der Waals surface area contributed by atoms with Gasteiger partial charge in [-0.3, -0.25) is 14.9 Å². The maximum Gasteiger partial charge on any atom is 0.234 e. The lowest BCUT2D eigenvalue weighted by molar-refractivity contribution is -0.134. The van der Waals surface area contributed by atoms with Gasteiger partial charge in [-0.15, -0.1) is 0 Å². The van der Waals surface area contributed by atoms with Crippen LogP contribution in [0.5, 0.6) is 0 Å². The highest BCUT2D eigenvalue weighted by Gasteiger charge is 2.33. The Labute approximate surface area is 139 Å². The molecule has 0 spiro atoms. The number of hydrogen-bond donors (Lipinski definition) is 3. The zero-order chi connectivity index (χ0) is 17.3. The van der Waals surface area contributed by atoms with Crippen LogP contribution in [0.4, 0.5) is 10.2 Å². The summed E-state index contributed by atoms with van der Waals surface area (Å²) in [4.78, 5) is 29.0. The molecule has 24 heavy (non-hydrogen) atoms. The van der Waals surface area contributed by atoms with E-state index < -0.39 is 23.2 Å². The zero-order valence-corrected chi connectivity index (χ0v) is 13.3. The minimum atomic E-state index is -0.889. The maximum absolute atomic E-state index is 14.5. The number of piperidine rings is 2. The quantitative estimate of drug-likeness (QED) is 0.672. The summed E-state index contributed by atoms with van der Waals surface area (Å²) < 4.78 is 14.5. The highest BCUT2D eigenvalue weighted by molar-refractivity contribution is 6.00. The first-order valence-electron chi connectivity index (χ1n) is 8.08. The second-order valence-corrected chi connectivity index (χ2v) is 6.49. The first kappa shape index (κ1) is 16.8. The Bertz CT molecular complexity index is 659. The van der Waals surface area contributed by atoms with Crippen molar-refractivity contribution in [2.45, 2.75) is 37.2 Å². The average Bonchev–Trinajstić information content (AvgIpc) is 2.56. The minimum absolute atomic E-state index is 0.186. The van der Waals surface area contributed by atoms with Crippen LogP contribution in [0.15, 0.2) is 12.3 Å². The Morgan fingerprint density at radius 1 is 1.42 bits per heavy atom. The van der Waals surface area contributed by atoms with Crippen molar-refractivity contribution in [3.05, 3.63) is 23.6 Å². The Kier molecular flexibility index (Phi) is 4.51. The number of halogens is 1. The summed E-state index contributed by atoms with van der Waals surface area (Å²) >= 11 is 0. The number of hydrogen-bond acceptors (Lipinski definition) is 6. The molecule has 0 bridgehead atoms. The van der Waals surface area contributed by atoms with Gasteiger partial charge in [-0.05, 0) is 30.9 Å². The molecule has 1 aromatic rings. The largest absolute Gasteiger partial charge is 0.388 e. The minimum Gasteiger partial charge on any atom is -0.388 e. The van der Waals surface area contributed by atoms with Gasteiger partial charge in [-0.1, -0.05) is 0 Å². The summed E-state index contributed by atoms with van der Waals surface area (Å²) in [6, 6.07) is 1.31. The maximum atomic E-state index is 14.5. The summed E-state index contributed by atoms with van der Waals surface area (Å²) in [6.45, 7) is 1.12.